The lowest BCUT2D eigenvalue weighted by Gasteiger charge is -2.35. The zero-order valence-electron chi connectivity index (χ0n) is 14.2. The molecule has 2 aromatic carbocycles. The van der Waals surface area contributed by atoms with E-state index in [0.29, 0.717) is 29.8 Å². The summed E-state index contributed by atoms with van der Waals surface area (Å²) in [6.07, 6.45) is -0.0240. The summed E-state index contributed by atoms with van der Waals surface area (Å²) in [7, 11) is 0. The first-order chi connectivity index (χ1) is 12.0. The average Bonchev–Trinajstić information content (AvgIpc) is 2.60. The smallest absolute Gasteiger partial charge is 0.254 e. The van der Waals surface area contributed by atoms with E-state index in [1.807, 2.05) is 26.0 Å². The molecule has 0 saturated carbocycles. The van der Waals surface area contributed by atoms with E-state index in [4.69, 9.17) is 4.74 Å². The van der Waals surface area contributed by atoms with Crippen LogP contribution in [0.2, 0.25) is 0 Å². The first kappa shape index (κ1) is 17.8. The Hall–Kier alpha value is -1.98. The molecule has 130 valence electrons. The zero-order valence-corrected chi connectivity index (χ0v) is 15.8. The number of rotatable bonds is 3. The number of carbonyl (C=O) groups is 2. The van der Waals surface area contributed by atoms with Crippen molar-refractivity contribution in [2.75, 3.05) is 13.1 Å². The predicted octanol–water partition coefficient (Wildman–Crippen LogP) is 3.93. The third kappa shape index (κ3) is 3.99. The highest BCUT2D eigenvalue weighted by molar-refractivity contribution is 9.10. The monoisotopic (exact) mass is 401 g/mol. The Balaban J connectivity index is 1.91. The van der Waals surface area contributed by atoms with Crippen LogP contribution in [0.4, 0.5) is 0 Å². The largest absolute Gasteiger partial charge is 0.372 e. The van der Waals surface area contributed by atoms with E-state index < -0.39 is 0 Å². The van der Waals surface area contributed by atoms with Gasteiger partial charge in [-0.3, -0.25) is 9.59 Å². The molecular weight excluding hydrogens is 382 g/mol. The first-order valence-electron chi connectivity index (χ1n) is 8.29. The van der Waals surface area contributed by atoms with E-state index in [1.54, 1.807) is 41.3 Å². The van der Waals surface area contributed by atoms with Crippen LogP contribution in [0.15, 0.2) is 53.0 Å². The molecule has 3 rings (SSSR count). The minimum atomic E-state index is -0.147. The van der Waals surface area contributed by atoms with Gasteiger partial charge in [0.2, 0.25) is 0 Å². The SMILES string of the molecule is C[C@H]1CN(C(=O)c2ccccc2C(=O)c2ccc(Br)cc2)C[C@H](C)O1. The van der Waals surface area contributed by atoms with Gasteiger partial charge < -0.3 is 9.64 Å². The number of carbonyl (C=O) groups excluding carboxylic acids is 2. The molecular formula is C20H20BrNO3. The van der Waals surface area contributed by atoms with Crippen molar-refractivity contribution in [3.63, 3.8) is 0 Å². The lowest BCUT2D eigenvalue weighted by Crippen LogP contribution is -2.48. The fourth-order valence-electron chi connectivity index (χ4n) is 3.14. The average molecular weight is 402 g/mol. The summed E-state index contributed by atoms with van der Waals surface area (Å²) in [5, 5.41) is 0. The van der Waals surface area contributed by atoms with Crippen LogP contribution in [-0.2, 0) is 4.74 Å². The summed E-state index contributed by atoms with van der Waals surface area (Å²) >= 11 is 3.37. The van der Waals surface area contributed by atoms with E-state index in [9.17, 15) is 9.59 Å². The third-order valence-corrected chi connectivity index (χ3v) is 4.74. The van der Waals surface area contributed by atoms with Crippen molar-refractivity contribution in [1.29, 1.82) is 0 Å². The number of hydrogen-bond acceptors (Lipinski definition) is 3. The van der Waals surface area contributed by atoms with E-state index in [1.165, 1.54) is 0 Å². The van der Waals surface area contributed by atoms with Gasteiger partial charge in [-0.1, -0.05) is 34.1 Å². The second-order valence-corrected chi connectivity index (χ2v) is 7.26. The summed E-state index contributed by atoms with van der Waals surface area (Å²) in [5.41, 5.74) is 1.44. The highest BCUT2D eigenvalue weighted by Gasteiger charge is 2.28. The molecule has 1 aliphatic heterocycles. The van der Waals surface area contributed by atoms with Crippen LogP contribution in [0.3, 0.4) is 0 Å². The Morgan fingerprint density at radius 3 is 2.12 bits per heavy atom. The Morgan fingerprint density at radius 2 is 1.52 bits per heavy atom. The van der Waals surface area contributed by atoms with Gasteiger partial charge >= 0.3 is 0 Å². The molecule has 0 spiro atoms. The molecule has 2 aromatic rings. The zero-order chi connectivity index (χ0) is 18.0. The summed E-state index contributed by atoms with van der Waals surface area (Å²) in [5.74, 6) is -0.270. The molecule has 1 aliphatic rings. The maximum atomic E-state index is 13.0. The highest BCUT2D eigenvalue weighted by atomic mass is 79.9. The van der Waals surface area contributed by atoms with Gasteiger partial charge in [-0.25, -0.2) is 0 Å². The third-order valence-electron chi connectivity index (χ3n) is 4.22. The molecule has 0 aromatic heterocycles. The van der Waals surface area contributed by atoms with Crippen LogP contribution in [-0.4, -0.2) is 41.9 Å². The standard InChI is InChI=1S/C20H20BrNO3/c1-13-11-22(12-14(2)25-13)20(24)18-6-4-3-5-17(18)19(23)15-7-9-16(21)10-8-15/h3-10,13-14H,11-12H2,1-2H3/t13-,14-/m0/s1. The number of benzene rings is 2. The van der Waals surface area contributed by atoms with Gasteiger partial charge in [-0.05, 0) is 44.2 Å². The topological polar surface area (TPSA) is 46.6 Å². The number of morpholine rings is 1. The van der Waals surface area contributed by atoms with Crippen LogP contribution < -0.4 is 0 Å². The molecule has 0 N–H and O–H groups in total. The molecule has 1 saturated heterocycles. The van der Waals surface area contributed by atoms with Crippen LogP contribution in [0, 0.1) is 0 Å². The number of ketones is 1. The number of hydrogen-bond donors (Lipinski definition) is 0. The fraction of sp³-hybridized carbons (Fsp3) is 0.300. The maximum absolute atomic E-state index is 13.0. The molecule has 5 heteroatoms. The fourth-order valence-corrected chi connectivity index (χ4v) is 3.40. The Morgan fingerprint density at radius 1 is 0.960 bits per heavy atom. The first-order valence-corrected chi connectivity index (χ1v) is 9.09. The van der Waals surface area contributed by atoms with Crippen molar-refractivity contribution < 1.29 is 14.3 Å². The van der Waals surface area contributed by atoms with Crippen LogP contribution in [0.1, 0.15) is 40.1 Å². The molecule has 2 atom stereocenters. The Kier molecular flexibility index (Phi) is 5.35. The second kappa shape index (κ2) is 7.50. The van der Waals surface area contributed by atoms with Crippen molar-refractivity contribution in [1.82, 2.24) is 4.90 Å². The molecule has 25 heavy (non-hydrogen) atoms. The van der Waals surface area contributed by atoms with Crippen molar-refractivity contribution >= 4 is 27.6 Å². The molecule has 1 fully saturated rings. The normalized spacial score (nSPS) is 20.4. The Labute approximate surface area is 155 Å². The number of halogens is 1. The number of amides is 1. The minimum absolute atomic E-state index is 0.0120. The maximum Gasteiger partial charge on any atom is 0.254 e. The lowest BCUT2D eigenvalue weighted by atomic mass is 9.97. The molecule has 1 amide bonds. The van der Waals surface area contributed by atoms with Crippen molar-refractivity contribution in [2.45, 2.75) is 26.1 Å². The van der Waals surface area contributed by atoms with Gasteiger partial charge in [0.25, 0.3) is 5.91 Å². The quantitative estimate of drug-likeness (QED) is 0.731. The molecule has 0 unspecified atom stereocenters. The summed E-state index contributed by atoms with van der Waals surface area (Å²) in [6, 6.07) is 14.2. The summed E-state index contributed by atoms with van der Waals surface area (Å²) in [6.45, 7) is 4.97. The van der Waals surface area contributed by atoms with Gasteiger partial charge in [0.05, 0.1) is 17.8 Å². The van der Waals surface area contributed by atoms with Crippen LogP contribution in [0.25, 0.3) is 0 Å². The van der Waals surface area contributed by atoms with Crippen LogP contribution in [0.5, 0.6) is 0 Å². The predicted molar refractivity (Wildman–Crippen MR) is 99.9 cm³/mol. The summed E-state index contributed by atoms with van der Waals surface area (Å²) in [4.78, 5) is 27.7. The van der Waals surface area contributed by atoms with E-state index in [2.05, 4.69) is 15.9 Å². The number of nitrogens with zero attached hydrogens (tertiary/aromatic N) is 1. The second-order valence-electron chi connectivity index (χ2n) is 6.35. The van der Waals surface area contributed by atoms with Crippen molar-refractivity contribution in [3.05, 3.63) is 69.7 Å². The van der Waals surface area contributed by atoms with Gasteiger partial charge in [0.1, 0.15) is 0 Å². The summed E-state index contributed by atoms with van der Waals surface area (Å²) < 4.78 is 6.60. The van der Waals surface area contributed by atoms with Crippen LogP contribution >= 0.6 is 15.9 Å². The molecule has 1 heterocycles. The van der Waals surface area contributed by atoms with Crippen molar-refractivity contribution in [3.8, 4) is 0 Å². The lowest BCUT2D eigenvalue weighted by molar-refractivity contribution is -0.0586. The number of ether oxygens (including phenoxy) is 1. The van der Waals surface area contributed by atoms with Gasteiger partial charge in [0, 0.05) is 28.7 Å². The van der Waals surface area contributed by atoms with E-state index >= 15 is 0 Å². The molecule has 4 nitrogen and oxygen atoms in total. The van der Waals surface area contributed by atoms with Crippen molar-refractivity contribution in [2.24, 2.45) is 0 Å². The van der Waals surface area contributed by atoms with E-state index in [-0.39, 0.29) is 23.9 Å². The Bertz CT molecular complexity index is 778. The van der Waals surface area contributed by atoms with Gasteiger partial charge in [-0.15, -0.1) is 0 Å². The van der Waals surface area contributed by atoms with Gasteiger partial charge in [0.15, 0.2) is 5.78 Å². The molecule has 0 aliphatic carbocycles. The highest BCUT2D eigenvalue weighted by Crippen LogP contribution is 2.20. The molecule has 0 bridgehead atoms. The van der Waals surface area contributed by atoms with E-state index in [0.717, 1.165) is 4.47 Å². The van der Waals surface area contributed by atoms with Gasteiger partial charge in [-0.2, -0.15) is 0 Å². The molecule has 0 radical (unpaired) electrons. The minimum Gasteiger partial charge on any atom is -0.372 e.